The fourth-order valence-electron chi connectivity index (χ4n) is 4.81. The van der Waals surface area contributed by atoms with Crippen molar-refractivity contribution in [1.29, 1.82) is 0 Å². The van der Waals surface area contributed by atoms with Crippen LogP contribution in [0, 0.1) is 11.8 Å². The van der Waals surface area contributed by atoms with Crippen molar-refractivity contribution in [1.82, 2.24) is 10.2 Å². The van der Waals surface area contributed by atoms with Gasteiger partial charge in [0.1, 0.15) is 0 Å². The molecule has 4 atom stereocenters. The summed E-state index contributed by atoms with van der Waals surface area (Å²) >= 11 is 0. The third-order valence-electron chi connectivity index (χ3n) is 6.45. The zero-order valence-electron chi connectivity index (χ0n) is 14.0. The zero-order chi connectivity index (χ0) is 15.0. The van der Waals surface area contributed by atoms with Crippen molar-refractivity contribution in [2.45, 2.75) is 96.3 Å². The Labute approximate surface area is 129 Å². The standard InChI is InChI=1S/C18H32N2O/c1-4-18(3)17(21)20(15-12-8-5-9-13(15)2)16(19-18)14-10-6-7-11-14/h13-16,19H,4-12H2,1-3H3. The van der Waals surface area contributed by atoms with Crippen molar-refractivity contribution in [3.63, 3.8) is 0 Å². The Bertz CT molecular complexity index is 391. The van der Waals surface area contributed by atoms with E-state index >= 15 is 0 Å². The van der Waals surface area contributed by atoms with E-state index in [1.165, 1.54) is 51.4 Å². The smallest absolute Gasteiger partial charge is 0.244 e. The van der Waals surface area contributed by atoms with Crippen LogP contribution in [0.3, 0.4) is 0 Å². The molecular formula is C18H32N2O. The first-order chi connectivity index (χ1) is 10.1. The van der Waals surface area contributed by atoms with Crippen LogP contribution in [-0.4, -0.2) is 28.6 Å². The highest BCUT2D eigenvalue weighted by Crippen LogP contribution is 2.40. The summed E-state index contributed by atoms with van der Waals surface area (Å²) in [5.41, 5.74) is -0.329. The van der Waals surface area contributed by atoms with Gasteiger partial charge >= 0.3 is 0 Å². The van der Waals surface area contributed by atoms with Gasteiger partial charge in [0.05, 0.1) is 11.7 Å². The summed E-state index contributed by atoms with van der Waals surface area (Å²) < 4.78 is 0. The van der Waals surface area contributed by atoms with Crippen LogP contribution in [0.4, 0.5) is 0 Å². The molecule has 3 fully saturated rings. The van der Waals surface area contributed by atoms with E-state index in [1.807, 2.05) is 0 Å². The Kier molecular flexibility index (Phi) is 4.31. The lowest BCUT2D eigenvalue weighted by molar-refractivity contribution is -0.137. The molecule has 1 aliphatic heterocycles. The highest BCUT2D eigenvalue weighted by atomic mass is 16.2. The van der Waals surface area contributed by atoms with Crippen LogP contribution in [0.25, 0.3) is 0 Å². The van der Waals surface area contributed by atoms with E-state index in [-0.39, 0.29) is 5.54 Å². The first kappa shape index (κ1) is 15.3. The number of amides is 1. The summed E-state index contributed by atoms with van der Waals surface area (Å²) in [6.45, 7) is 6.61. The monoisotopic (exact) mass is 292 g/mol. The second-order valence-electron chi connectivity index (χ2n) is 7.86. The predicted molar refractivity (Wildman–Crippen MR) is 85.8 cm³/mol. The molecule has 1 amide bonds. The quantitative estimate of drug-likeness (QED) is 0.860. The van der Waals surface area contributed by atoms with Crippen molar-refractivity contribution >= 4 is 5.91 Å². The Morgan fingerprint density at radius 3 is 2.38 bits per heavy atom. The minimum Gasteiger partial charge on any atom is -0.322 e. The van der Waals surface area contributed by atoms with Crippen LogP contribution in [0.5, 0.6) is 0 Å². The van der Waals surface area contributed by atoms with Gasteiger partial charge < -0.3 is 4.90 Å². The minimum atomic E-state index is -0.329. The van der Waals surface area contributed by atoms with Gasteiger partial charge in [-0.25, -0.2) is 0 Å². The third-order valence-corrected chi connectivity index (χ3v) is 6.45. The second kappa shape index (κ2) is 5.91. The van der Waals surface area contributed by atoms with Gasteiger partial charge in [-0.15, -0.1) is 0 Å². The first-order valence-corrected chi connectivity index (χ1v) is 9.17. The number of carbonyl (C=O) groups is 1. The van der Waals surface area contributed by atoms with E-state index in [1.54, 1.807) is 0 Å². The molecule has 0 aromatic heterocycles. The van der Waals surface area contributed by atoms with Gasteiger partial charge in [0.25, 0.3) is 0 Å². The lowest BCUT2D eigenvalue weighted by atomic mass is 9.83. The van der Waals surface area contributed by atoms with Crippen LogP contribution in [0.15, 0.2) is 0 Å². The Balaban J connectivity index is 1.86. The molecule has 3 nitrogen and oxygen atoms in total. The average molecular weight is 292 g/mol. The van der Waals surface area contributed by atoms with Crippen molar-refractivity contribution in [3.8, 4) is 0 Å². The third kappa shape index (κ3) is 2.62. The lowest BCUT2D eigenvalue weighted by Gasteiger charge is -2.41. The Morgan fingerprint density at radius 2 is 1.76 bits per heavy atom. The number of hydrogen-bond donors (Lipinski definition) is 1. The summed E-state index contributed by atoms with van der Waals surface area (Å²) in [5, 5.41) is 3.75. The molecule has 3 rings (SSSR count). The van der Waals surface area contributed by atoms with E-state index in [2.05, 4.69) is 31.0 Å². The number of nitrogens with one attached hydrogen (secondary N) is 1. The van der Waals surface area contributed by atoms with Gasteiger partial charge in [-0.2, -0.15) is 0 Å². The molecule has 120 valence electrons. The molecule has 2 aliphatic carbocycles. The van der Waals surface area contributed by atoms with Crippen LogP contribution in [0.1, 0.15) is 78.6 Å². The van der Waals surface area contributed by atoms with Crippen molar-refractivity contribution in [2.75, 3.05) is 0 Å². The minimum absolute atomic E-state index is 0.301. The topological polar surface area (TPSA) is 32.3 Å². The van der Waals surface area contributed by atoms with E-state index < -0.39 is 0 Å². The van der Waals surface area contributed by atoms with Crippen LogP contribution < -0.4 is 5.32 Å². The maximum Gasteiger partial charge on any atom is 0.244 e. The van der Waals surface area contributed by atoms with Crippen molar-refractivity contribution < 1.29 is 4.79 Å². The summed E-state index contributed by atoms with van der Waals surface area (Å²) in [7, 11) is 0. The molecule has 0 aromatic carbocycles. The second-order valence-corrected chi connectivity index (χ2v) is 7.86. The molecule has 0 aromatic rings. The Hall–Kier alpha value is -0.570. The van der Waals surface area contributed by atoms with E-state index in [4.69, 9.17) is 0 Å². The molecule has 1 saturated heterocycles. The molecule has 21 heavy (non-hydrogen) atoms. The molecule has 3 aliphatic rings. The molecule has 4 unspecified atom stereocenters. The number of nitrogens with zero attached hydrogens (tertiary/aromatic N) is 1. The number of hydrogen-bond acceptors (Lipinski definition) is 2. The molecule has 2 saturated carbocycles. The maximum atomic E-state index is 13.1. The summed E-state index contributed by atoms with van der Waals surface area (Å²) in [6.07, 6.45) is 11.6. The summed E-state index contributed by atoms with van der Waals surface area (Å²) in [4.78, 5) is 15.4. The van der Waals surface area contributed by atoms with Gasteiger partial charge in [0.15, 0.2) is 0 Å². The van der Waals surface area contributed by atoms with E-state index in [0.717, 1.165) is 6.42 Å². The van der Waals surface area contributed by atoms with Crippen LogP contribution >= 0.6 is 0 Å². The molecule has 0 spiro atoms. The zero-order valence-corrected chi connectivity index (χ0v) is 14.0. The molecule has 0 bridgehead atoms. The van der Waals surface area contributed by atoms with Crippen molar-refractivity contribution in [2.24, 2.45) is 11.8 Å². The molecule has 0 radical (unpaired) electrons. The SMILES string of the molecule is CCC1(C)NC(C2CCCC2)N(C2CCCCC2C)C1=O. The number of rotatable bonds is 3. The van der Waals surface area contributed by atoms with Gasteiger partial charge in [0, 0.05) is 6.04 Å². The average Bonchev–Trinajstić information content (AvgIpc) is 3.09. The molecule has 3 heteroatoms. The summed E-state index contributed by atoms with van der Waals surface area (Å²) in [6, 6.07) is 0.470. The number of carbonyl (C=O) groups excluding carboxylic acids is 1. The summed E-state index contributed by atoms with van der Waals surface area (Å²) in [5.74, 6) is 1.71. The highest BCUT2D eigenvalue weighted by molar-refractivity contribution is 5.88. The fraction of sp³-hybridized carbons (Fsp3) is 0.944. The van der Waals surface area contributed by atoms with Gasteiger partial charge in [-0.3, -0.25) is 10.1 Å². The van der Waals surface area contributed by atoms with Crippen LogP contribution in [-0.2, 0) is 4.79 Å². The highest BCUT2D eigenvalue weighted by Gasteiger charge is 2.52. The van der Waals surface area contributed by atoms with Crippen molar-refractivity contribution in [3.05, 3.63) is 0 Å². The maximum absolute atomic E-state index is 13.1. The largest absolute Gasteiger partial charge is 0.322 e. The van der Waals surface area contributed by atoms with Gasteiger partial charge in [-0.05, 0) is 50.9 Å². The molecular weight excluding hydrogens is 260 g/mol. The van der Waals surface area contributed by atoms with E-state index in [0.29, 0.717) is 30.0 Å². The molecule has 1 N–H and O–H groups in total. The normalized spacial score (nSPS) is 42.0. The predicted octanol–water partition coefficient (Wildman–Crippen LogP) is 3.68. The van der Waals surface area contributed by atoms with Gasteiger partial charge in [0.2, 0.25) is 5.91 Å². The molecule has 1 heterocycles. The van der Waals surface area contributed by atoms with E-state index in [9.17, 15) is 4.79 Å². The fourth-order valence-corrected chi connectivity index (χ4v) is 4.81. The van der Waals surface area contributed by atoms with Crippen LogP contribution in [0.2, 0.25) is 0 Å². The van der Waals surface area contributed by atoms with Gasteiger partial charge in [-0.1, -0.05) is 39.5 Å². The Morgan fingerprint density at radius 1 is 1.14 bits per heavy atom. The first-order valence-electron chi connectivity index (χ1n) is 9.17. The lowest BCUT2D eigenvalue weighted by Crippen LogP contribution is -2.51.